The van der Waals surface area contributed by atoms with Gasteiger partial charge in [0.25, 0.3) is 0 Å². The van der Waals surface area contributed by atoms with E-state index in [-0.39, 0.29) is 23.2 Å². The van der Waals surface area contributed by atoms with Gasteiger partial charge in [-0.2, -0.15) is 9.61 Å². The average Bonchev–Trinajstić information content (AvgIpc) is 3.25. The van der Waals surface area contributed by atoms with Crippen LogP contribution in [-0.2, 0) is 4.79 Å². The van der Waals surface area contributed by atoms with Crippen molar-refractivity contribution in [1.82, 2.24) is 19.5 Å². The number of likely N-dealkylation sites (tertiary alicyclic amines) is 1. The monoisotopic (exact) mass is 473 g/mol. The van der Waals surface area contributed by atoms with Gasteiger partial charge in [-0.1, -0.05) is 48.6 Å². The van der Waals surface area contributed by atoms with E-state index < -0.39 is 0 Å². The molecule has 1 aliphatic heterocycles. The zero-order valence-electron chi connectivity index (χ0n) is 19.6. The Morgan fingerprint density at radius 2 is 2.00 bits per heavy atom. The van der Waals surface area contributed by atoms with Crippen LogP contribution in [0.2, 0.25) is 0 Å². The second kappa shape index (κ2) is 9.67. The lowest BCUT2D eigenvalue weighted by atomic mass is 9.97. The summed E-state index contributed by atoms with van der Waals surface area (Å²) in [6.07, 6.45) is 10.6. The summed E-state index contributed by atoms with van der Waals surface area (Å²) in [4.78, 5) is 19.9. The van der Waals surface area contributed by atoms with Crippen molar-refractivity contribution in [3.05, 3.63) is 72.1 Å². The Labute approximate surface area is 206 Å². The maximum atomic E-state index is 13.1. The summed E-state index contributed by atoms with van der Waals surface area (Å²) in [7, 11) is 2.02. The highest BCUT2D eigenvalue weighted by atomic mass is 35.5. The maximum Gasteiger partial charge on any atom is 0.229 e. The van der Waals surface area contributed by atoms with Crippen molar-refractivity contribution in [3.8, 4) is 0 Å². The van der Waals surface area contributed by atoms with Gasteiger partial charge in [-0.15, -0.1) is 11.6 Å². The molecule has 2 aromatic heterocycles. The van der Waals surface area contributed by atoms with Crippen molar-refractivity contribution in [3.63, 3.8) is 0 Å². The van der Waals surface area contributed by atoms with Crippen LogP contribution in [0.3, 0.4) is 0 Å². The number of carbonyl (C=O) groups excluding carboxylic acids is 1. The minimum atomic E-state index is -0.124. The fourth-order valence-electron chi connectivity index (χ4n) is 4.78. The van der Waals surface area contributed by atoms with E-state index >= 15 is 0 Å². The number of carbonyl (C=O) groups is 1. The SMILES string of the molecule is Bc1cnn2c(NC3CCN(C(=O)C(C)c4ccccc4)CC3)cc(C3=CC=CCC3Cl)nc12. The van der Waals surface area contributed by atoms with Gasteiger partial charge in [0.15, 0.2) is 5.65 Å². The fourth-order valence-corrected chi connectivity index (χ4v) is 5.07. The highest BCUT2D eigenvalue weighted by Gasteiger charge is 2.27. The van der Waals surface area contributed by atoms with E-state index in [0.29, 0.717) is 0 Å². The number of halogens is 1. The molecule has 8 heteroatoms. The summed E-state index contributed by atoms with van der Waals surface area (Å²) in [6, 6.07) is 12.3. The maximum absolute atomic E-state index is 13.1. The van der Waals surface area contributed by atoms with Crippen LogP contribution in [0, 0.1) is 0 Å². The quantitative estimate of drug-likeness (QED) is 0.457. The van der Waals surface area contributed by atoms with E-state index in [0.717, 1.165) is 66.1 Å². The van der Waals surface area contributed by atoms with Gasteiger partial charge in [-0.3, -0.25) is 4.79 Å². The molecule has 1 saturated heterocycles. The molecular weight excluding hydrogens is 445 g/mol. The number of hydrogen-bond donors (Lipinski definition) is 1. The van der Waals surface area contributed by atoms with Crippen LogP contribution in [0.25, 0.3) is 11.2 Å². The Morgan fingerprint density at radius 3 is 2.74 bits per heavy atom. The number of nitrogens with one attached hydrogen (secondary N) is 1. The first kappa shape index (κ1) is 22.7. The molecule has 1 amide bonds. The lowest BCUT2D eigenvalue weighted by Gasteiger charge is -2.34. The molecule has 1 aromatic carbocycles. The van der Waals surface area contributed by atoms with E-state index in [9.17, 15) is 4.79 Å². The normalized spacial score (nSPS) is 19.8. The molecule has 0 saturated carbocycles. The molecule has 1 fully saturated rings. The molecule has 0 bridgehead atoms. The third-order valence-corrected chi connectivity index (χ3v) is 7.28. The van der Waals surface area contributed by atoms with Crippen molar-refractivity contribution >= 4 is 47.9 Å². The van der Waals surface area contributed by atoms with Crippen molar-refractivity contribution in [2.24, 2.45) is 0 Å². The summed E-state index contributed by atoms with van der Waals surface area (Å²) in [5.74, 6) is 0.989. The largest absolute Gasteiger partial charge is 0.367 e. The molecule has 5 rings (SSSR count). The van der Waals surface area contributed by atoms with E-state index in [4.69, 9.17) is 16.6 Å². The third kappa shape index (κ3) is 4.49. The highest BCUT2D eigenvalue weighted by molar-refractivity contribution is 6.36. The van der Waals surface area contributed by atoms with Crippen molar-refractivity contribution < 1.29 is 4.79 Å². The fraction of sp³-hybridized carbons (Fsp3) is 0.346. The molecule has 0 spiro atoms. The third-order valence-electron chi connectivity index (χ3n) is 6.86. The van der Waals surface area contributed by atoms with Gasteiger partial charge in [-0.25, -0.2) is 4.98 Å². The number of amides is 1. The molecular formula is C26H29BClN5O. The number of alkyl halides is 1. The summed E-state index contributed by atoms with van der Waals surface area (Å²) in [5, 5.41) is 8.15. The molecule has 174 valence electrons. The minimum Gasteiger partial charge on any atom is -0.367 e. The Kier molecular flexibility index (Phi) is 6.46. The Bertz CT molecular complexity index is 1250. The standard InChI is InChI=1S/C26H29BClN5O/c1-17(18-7-3-2-4-8-18)26(34)32-13-11-19(12-14-32)30-24-15-23(20-9-5-6-10-22(20)28)31-25-21(27)16-29-33(24)25/h2-9,15-17,19,22,30H,10-14,27H2,1H3. The van der Waals surface area contributed by atoms with Crippen LogP contribution in [0.1, 0.15) is 43.4 Å². The van der Waals surface area contributed by atoms with Gasteiger partial charge in [0.1, 0.15) is 13.7 Å². The minimum absolute atomic E-state index is 0.0862. The molecule has 3 heterocycles. The number of benzene rings is 1. The number of allylic oxidation sites excluding steroid dienone is 4. The van der Waals surface area contributed by atoms with Gasteiger partial charge in [-0.05, 0) is 42.8 Å². The Balaban J connectivity index is 1.31. The second-order valence-electron chi connectivity index (χ2n) is 9.22. The van der Waals surface area contributed by atoms with Crippen molar-refractivity contribution in [1.29, 1.82) is 0 Å². The van der Waals surface area contributed by atoms with Crippen LogP contribution in [0.5, 0.6) is 0 Å². The first-order valence-electron chi connectivity index (χ1n) is 12.0. The van der Waals surface area contributed by atoms with E-state index in [1.165, 1.54) is 0 Å². The molecule has 6 nitrogen and oxygen atoms in total. The lowest BCUT2D eigenvalue weighted by Crippen LogP contribution is -2.44. The predicted molar refractivity (Wildman–Crippen MR) is 141 cm³/mol. The number of fused-ring (bicyclic) bond motifs is 1. The van der Waals surface area contributed by atoms with Gasteiger partial charge in [0.05, 0.1) is 17.0 Å². The average molecular weight is 474 g/mol. The van der Waals surface area contributed by atoms with Gasteiger partial charge >= 0.3 is 0 Å². The molecule has 1 N–H and O–H groups in total. The lowest BCUT2D eigenvalue weighted by molar-refractivity contribution is -0.133. The van der Waals surface area contributed by atoms with Crippen molar-refractivity contribution in [2.75, 3.05) is 18.4 Å². The number of anilines is 1. The van der Waals surface area contributed by atoms with E-state index in [2.05, 4.69) is 22.6 Å². The molecule has 2 aliphatic rings. The van der Waals surface area contributed by atoms with Gasteiger partial charge in [0.2, 0.25) is 5.91 Å². The number of aromatic nitrogens is 3. The van der Waals surface area contributed by atoms with Crippen LogP contribution >= 0.6 is 11.6 Å². The first-order valence-corrected chi connectivity index (χ1v) is 12.4. The van der Waals surface area contributed by atoms with Gasteiger partial charge in [0, 0.05) is 31.4 Å². The van der Waals surface area contributed by atoms with E-state index in [1.807, 2.05) is 72.9 Å². The number of piperidine rings is 1. The zero-order valence-corrected chi connectivity index (χ0v) is 20.4. The zero-order chi connectivity index (χ0) is 23.7. The number of nitrogens with zero attached hydrogens (tertiary/aromatic N) is 4. The molecule has 3 aromatic rings. The summed E-state index contributed by atoms with van der Waals surface area (Å²) in [6.45, 7) is 3.48. The summed E-state index contributed by atoms with van der Waals surface area (Å²) in [5.41, 5.74) is 4.85. The van der Waals surface area contributed by atoms with Crippen LogP contribution < -0.4 is 10.8 Å². The van der Waals surface area contributed by atoms with Gasteiger partial charge < -0.3 is 10.2 Å². The molecule has 1 aliphatic carbocycles. The molecule has 2 unspecified atom stereocenters. The Hall–Kier alpha value is -3.06. The summed E-state index contributed by atoms with van der Waals surface area (Å²) >= 11 is 6.60. The topological polar surface area (TPSA) is 62.5 Å². The van der Waals surface area contributed by atoms with E-state index in [1.54, 1.807) is 0 Å². The molecule has 34 heavy (non-hydrogen) atoms. The first-order chi connectivity index (χ1) is 16.5. The smallest absolute Gasteiger partial charge is 0.229 e. The second-order valence-corrected chi connectivity index (χ2v) is 9.75. The predicted octanol–water partition coefficient (Wildman–Crippen LogP) is 3.15. The Morgan fingerprint density at radius 1 is 1.24 bits per heavy atom. The van der Waals surface area contributed by atoms with Crippen LogP contribution in [0.15, 0.2) is 60.8 Å². The molecule has 0 radical (unpaired) electrons. The van der Waals surface area contributed by atoms with Crippen LogP contribution in [0.4, 0.5) is 5.82 Å². The highest BCUT2D eigenvalue weighted by Crippen LogP contribution is 2.30. The van der Waals surface area contributed by atoms with Crippen molar-refractivity contribution in [2.45, 2.75) is 43.5 Å². The number of hydrogen-bond acceptors (Lipinski definition) is 4. The number of rotatable bonds is 5. The summed E-state index contributed by atoms with van der Waals surface area (Å²) < 4.78 is 1.87. The molecule has 2 atom stereocenters. The van der Waals surface area contributed by atoms with Crippen LogP contribution in [-0.4, -0.2) is 57.8 Å².